The van der Waals surface area contributed by atoms with Crippen molar-refractivity contribution in [2.45, 2.75) is 38.9 Å². The number of benzene rings is 2. The molecule has 0 atom stereocenters. The molecule has 118 valence electrons. The first-order valence-electron chi connectivity index (χ1n) is 7.75. The molecule has 1 aromatic heterocycles. The second-order valence-corrected chi connectivity index (χ2v) is 7.49. The van der Waals surface area contributed by atoms with E-state index in [1.807, 2.05) is 36.4 Å². The van der Waals surface area contributed by atoms with Gasteiger partial charge >= 0.3 is 7.12 Å². The summed E-state index contributed by atoms with van der Waals surface area (Å²) in [6.45, 7) is 8.21. The SMILES string of the molecule is CC1(C)OB(c2cccc3oc4ccc(Cl)cc4c23)OC1(C)C. The Morgan fingerprint density at radius 3 is 2.30 bits per heavy atom. The molecule has 2 heterocycles. The van der Waals surface area contributed by atoms with Crippen LogP contribution >= 0.6 is 11.6 Å². The third kappa shape index (κ3) is 2.20. The standard InChI is InChI=1S/C18H18BClO3/c1-17(2)18(3,4)23-19(22-17)13-6-5-7-15-16(13)12-10-11(20)8-9-14(12)21-15/h5-10H,1-4H3. The van der Waals surface area contributed by atoms with Crippen LogP contribution in [-0.4, -0.2) is 18.3 Å². The average Bonchev–Trinajstić information content (AvgIpc) is 2.93. The lowest BCUT2D eigenvalue weighted by Crippen LogP contribution is -2.41. The molecule has 4 rings (SSSR count). The first-order valence-corrected chi connectivity index (χ1v) is 8.13. The molecule has 1 fully saturated rings. The van der Waals surface area contributed by atoms with Crippen molar-refractivity contribution in [3.63, 3.8) is 0 Å². The van der Waals surface area contributed by atoms with E-state index in [9.17, 15) is 0 Å². The van der Waals surface area contributed by atoms with Crippen molar-refractivity contribution in [2.75, 3.05) is 0 Å². The molecule has 0 bridgehead atoms. The molecule has 3 aromatic rings. The van der Waals surface area contributed by atoms with Crippen molar-refractivity contribution in [3.05, 3.63) is 41.4 Å². The zero-order chi connectivity index (χ0) is 16.4. The van der Waals surface area contributed by atoms with Crippen LogP contribution in [0.5, 0.6) is 0 Å². The third-order valence-electron chi connectivity index (χ3n) is 5.00. The molecule has 0 radical (unpaired) electrons. The lowest BCUT2D eigenvalue weighted by atomic mass is 9.76. The molecule has 0 aliphatic carbocycles. The fraction of sp³-hybridized carbons (Fsp3) is 0.333. The quantitative estimate of drug-likeness (QED) is 0.615. The molecule has 5 heteroatoms. The number of furan rings is 1. The second kappa shape index (κ2) is 4.76. The molecule has 0 saturated carbocycles. The first-order chi connectivity index (χ1) is 10.8. The van der Waals surface area contributed by atoms with Gasteiger partial charge in [-0.2, -0.15) is 0 Å². The van der Waals surface area contributed by atoms with E-state index >= 15 is 0 Å². The molecule has 0 unspecified atom stereocenters. The Bertz CT molecular complexity index is 897. The minimum Gasteiger partial charge on any atom is -0.456 e. The van der Waals surface area contributed by atoms with E-state index in [1.54, 1.807) is 0 Å². The maximum Gasteiger partial charge on any atom is 0.495 e. The van der Waals surface area contributed by atoms with Crippen LogP contribution in [0, 0.1) is 0 Å². The summed E-state index contributed by atoms with van der Waals surface area (Å²) in [7, 11) is -0.427. The van der Waals surface area contributed by atoms with Gasteiger partial charge in [0.1, 0.15) is 11.2 Å². The fourth-order valence-electron chi connectivity index (χ4n) is 2.99. The zero-order valence-corrected chi connectivity index (χ0v) is 14.4. The largest absolute Gasteiger partial charge is 0.495 e. The summed E-state index contributed by atoms with van der Waals surface area (Å²) in [5.74, 6) is 0. The van der Waals surface area contributed by atoms with Crippen LogP contribution in [0.3, 0.4) is 0 Å². The highest BCUT2D eigenvalue weighted by atomic mass is 35.5. The lowest BCUT2D eigenvalue weighted by molar-refractivity contribution is 0.00578. The van der Waals surface area contributed by atoms with E-state index in [4.69, 9.17) is 25.3 Å². The van der Waals surface area contributed by atoms with Gasteiger partial charge < -0.3 is 13.7 Å². The van der Waals surface area contributed by atoms with Gasteiger partial charge in [0.2, 0.25) is 0 Å². The molecule has 1 aliphatic rings. The molecule has 0 N–H and O–H groups in total. The molecule has 2 aromatic carbocycles. The summed E-state index contributed by atoms with van der Waals surface area (Å²) in [6.07, 6.45) is 0. The summed E-state index contributed by atoms with van der Waals surface area (Å²) in [6, 6.07) is 11.6. The van der Waals surface area contributed by atoms with Crippen molar-refractivity contribution in [1.29, 1.82) is 0 Å². The summed E-state index contributed by atoms with van der Waals surface area (Å²) in [5.41, 5.74) is 1.85. The van der Waals surface area contributed by atoms with Crippen LogP contribution in [0.15, 0.2) is 40.8 Å². The lowest BCUT2D eigenvalue weighted by Gasteiger charge is -2.32. The van der Waals surface area contributed by atoms with Crippen LogP contribution in [0.2, 0.25) is 5.02 Å². The number of halogens is 1. The van der Waals surface area contributed by atoms with Crippen LogP contribution in [0.1, 0.15) is 27.7 Å². The van der Waals surface area contributed by atoms with Gasteiger partial charge in [0.05, 0.1) is 11.2 Å². The highest BCUT2D eigenvalue weighted by molar-refractivity contribution is 6.66. The van der Waals surface area contributed by atoms with E-state index < -0.39 is 7.12 Å². The third-order valence-corrected chi connectivity index (χ3v) is 5.23. The summed E-state index contributed by atoms with van der Waals surface area (Å²) in [5, 5.41) is 2.67. The van der Waals surface area contributed by atoms with E-state index in [2.05, 4.69) is 27.7 Å². The molecule has 3 nitrogen and oxygen atoms in total. The first kappa shape index (κ1) is 15.1. The Kier molecular flexibility index (Phi) is 3.12. The average molecular weight is 329 g/mol. The highest BCUT2D eigenvalue weighted by Gasteiger charge is 2.52. The van der Waals surface area contributed by atoms with Crippen LogP contribution < -0.4 is 5.46 Å². The van der Waals surface area contributed by atoms with Crippen LogP contribution in [0.25, 0.3) is 21.9 Å². The summed E-state index contributed by atoms with van der Waals surface area (Å²) < 4.78 is 18.4. The molecular weight excluding hydrogens is 310 g/mol. The van der Waals surface area contributed by atoms with E-state index in [-0.39, 0.29) is 11.2 Å². The molecule has 0 spiro atoms. The highest BCUT2D eigenvalue weighted by Crippen LogP contribution is 2.38. The Morgan fingerprint density at radius 1 is 0.913 bits per heavy atom. The fourth-order valence-corrected chi connectivity index (χ4v) is 3.16. The van der Waals surface area contributed by atoms with E-state index in [0.717, 1.165) is 27.4 Å². The number of hydrogen-bond donors (Lipinski definition) is 0. The van der Waals surface area contributed by atoms with Crippen molar-refractivity contribution in [1.82, 2.24) is 0 Å². The molecule has 0 amide bonds. The van der Waals surface area contributed by atoms with E-state index in [1.165, 1.54) is 0 Å². The van der Waals surface area contributed by atoms with Crippen molar-refractivity contribution < 1.29 is 13.7 Å². The molecular formula is C18H18BClO3. The minimum atomic E-state index is -0.427. The Hall–Kier alpha value is -1.49. The maximum absolute atomic E-state index is 6.21. The smallest absolute Gasteiger partial charge is 0.456 e. The normalized spacial score (nSPS) is 19.8. The van der Waals surface area contributed by atoms with Crippen molar-refractivity contribution >= 4 is 46.1 Å². The van der Waals surface area contributed by atoms with Crippen LogP contribution in [-0.2, 0) is 9.31 Å². The maximum atomic E-state index is 6.21. The number of rotatable bonds is 1. The molecule has 1 saturated heterocycles. The Morgan fingerprint density at radius 2 is 1.61 bits per heavy atom. The van der Waals surface area contributed by atoms with Crippen LogP contribution in [0.4, 0.5) is 0 Å². The van der Waals surface area contributed by atoms with Gasteiger partial charge in [0, 0.05) is 15.8 Å². The van der Waals surface area contributed by atoms with Gasteiger partial charge in [-0.15, -0.1) is 0 Å². The summed E-state index contributed by atoms with van der Waals surface area (Å²) in [4.78, 5) is 0. The topological polar surface area (TPSA) is 31.6 Å². The number of fused-ring (bicyclic) bond motifs is 3. The Labute approximate surface area is 140 Å². The van der Waals surface area contributed by atoms with Gasteiger partial charge in [-0.25, -0.2) is 0 Å². The van der Waals surface area contributed by atoms with Gasteiger partial charge in [0.15, 0.2) is 0 Å². The second-order valence-electron chi connectivity index (χ2n) is 7.05. The van der Waals surface area contributed by atoms with Crippen molar-refractivity contribution in [2.24, 2.45) is 0 Å². The van der Waals surface area contributed by atoms with Crippen molar-refractivity contribution in [3.8, 4) is 0 Å². The monoisotopic (exact) mass is 328 g/mol. The molecule has 23 heavy (non-hydrogen) atoms. The Balaban J connectivity index is 1.94. The molecule has 1 aliphatic heterocycles. The zero-order valence-electron chi connectivity index (χ0n) is 13.6. The van der Waals surface area contributed by atoms with Gasteiger partial charge in [-0.1, -0.05) is 23.7 Å². The van der Waals surface area contributed by atoms with E-state index in [0.29, 0.717) is 5.02 Å². The summed E-state index contributed by atoms with van der Waals surface area (Å²) >= 11 is 6.17. The minimum absolute atomic E-state index is 0.378. The predicted molar refractivity (Wildman–Crippen MR) is 94.4 cm³/mol. The predicted octanol–water partition coefficient (Wildman–Crippen LogP) is 4.54. The number of hydrogen-bond acceptors (Lipinski definition) is 3. The van der Waals surface area contributed by atoms with Gasteiger partial charge in [0.25, 0.3) is 0 Å². The van der Waals surface area contributed by atoms with Gasteiger partial charge in [-0.3, -0.25) is 0 Å². The van der Waals surface area contributed by atoms with Gasteiger partial charge in [-0.05, 0) is 57.4 Å².